The van der Waals surface area contributed by atoms with Gasteiger partial charge in [0.25, 0.3) is 5.91 Å². The Bertz CT molecular complexity index is 1390. The molecule has 5 rings (SSSR count). The maximum absolute atomic E-state index is 14.1. The zero-order valence-electron chi connectivity index (χ0n) is 18.9. The van der Waals surface area contributed by atoms with Gasteiger partial charge in [0.2, 0.25) is 5.91 Å². The van der Waals surface area contributed by atoms with Crippen molar-refractivity contribution in [3.8, 4) is 6.07 Å². The predicted octanol–water partition coefficient (Wildman–Crippen LogP) is 2.38. The van der Waals surface area contributed by atoms with E-state index in [9.17, 15) is 19.6 Å². The molecular weight excluding hydrogens is 507 g/mol. The number of H-pyrrole nitrogens is 1. The second kappa shape index (κ2) is 8.89. The standard InChI is InChI=1S/C23H18Cl2N8O3/c1-31-22(36)33(17-7-15(24)6-16(25)8-17)21(35)23(31)12-32(20(34)9-19-27-29-30-28-19)11-18(23)14-4-2-13(10-26)3-5-14/h2-8,18H,9,11-12H2,1H3,(H,27,28,29,30)/t18-,23-/m1/s1. The number of carbonyl (C=O) groups is 3. The van der Waals surface area contributed by atoms with Crippen molar-refractivity contribution in [2.24, 2.45) is 0 Å². The van der Waals surface area contributed by atoms with Crippen molar-refractivity contribution in [3.05, 3.63) is 69.5 Å². The Kier molecular flexibility index (Phi) is 5.86. The first kappa shape index (κ1) is 23.7. The average Bonchev–Trinajstić information content (AvgIpc) is 3.55. The molecule has 0 unspecified atom stereocenters. The van der Waals surface area contributed by atoms with Crippen LogP contribution in [0.15, 0.2) is 42.5 Å². The highest BCUT2D eigenvalue weighted by atomic mass is 35.5. The number of nitrogens with zero attached hydrogens (tertiary/aromatic N) is 7. The normalized spacial score (nSPS) is 21.5. The summed E-state index contributed by atoms with van der Waals surface area (Å²) in [6, 6.07) is 12.7. The van der Waals surface area contributed by atoms with Gasteiger partial charge in [-0.05, 0) is 35.9 Å². The van der Waals surface area contributed by atoms with Gasteiger partial charge in [-0.3, -0.25) is 9.59 Å². The molecule has 0 aliphatic carbocycles. The number of halogens is 2. The van der Waals surface area contributed by atoms with Crippen LogP contribution in [0.25, 0.3) is 0 Å². The fourth-order valence-corrected chi connectivity index (χ4v) is 5.41. The van der Waals surface area contributed by atoms with E-state index in [0.29, 0.717) is 11.1 Å². The minimum absolute atomic E-state index is 0.0414. The maximum atomic E-state index is 14.1. The molecule has 1 spiro atoms. The summed E-state index contributed by atoms with van der Waals surface area (Å²) in [4.78, 5) is 44.7. The number of aromatic nitrogens is 4. The number of nitrogens with one attached hydrogen (secondary N) is 1. The Balaban J connectivity index is 1.58. The van der Waals surface area contributed by atoms with E-state index < -0.39 is 23.4 Å². The fraction of sp³-hybridized carbons (Fsp3) is 0.261. The molecule has 1 N–H and O–H groups in total. The van der Waals surface area contributed by atoms with Crippen LogP contribution in [0, 0.1) is 11.3 Å². The molecule has 0 saturated carbocycles. The molecule has 3 heterocycles. The van der Waals surface area contributed by atoms with Crippen molar-refractivity contribution in [2.75, 3.05) is 25.0 Å². The van der Waals surface area contributed by atoms with Gasteiger partial charge < -0.3 is 9.80 Å². The van der Waals surface area contributed by atoms with Crippen LogP contribution >= 0.6 is 23.2 Å². The smallest absolute Gasteiger partial charge is 0.332 e. The molecule has 182 valence electrons. The quantitative estimate of drug-likeness (QED) is 0.516. The van der Waals surface area contributed by atoms with E-state index in [0.717, 1.165) is 4.90 Å². The predicted molar refractivity (Wildman–Crippen MR) is 128 cm³/mol. The number of imide groups is 1. The molecule has 2 aromatic carbocycles. The molecule has 2 atom stereocenters. The highest BCUT2D eigenvalue weighted by Crippen LogP contribution is 2.46. The number of benzene rings is 2. The lowest BCUT2D eigenvalue weighted by atomic mass is 9.80. The van der Waals surface area contributed by atoms with E-state index in [1.807, 2.05) is 0 Å². The van der Waals surface area contributed by atoms with E-state index in [-0.39, 0.29) is 47.0 Å². The monoisotopic (exact) mass is 524 g/mol. The number of hydrogen-bond donors (Lipinski definition) is 1. The van der Waals surface area contributed by atoms with Crippen molar-refractivity contribution in [2.45, 2.75) is 17.9 Å². The van der Waals surface area contributed by atoms with Gasteiger partial charge in [0.1, 0.15) is 5.54 Å². The van der Waals surface area contributed by atoms with Gasteiger partial charge in [-0.1, -0.05) is 40.5 Å². The maximum Gasteiger partial charge on any atom is 0.332 e. The van der Waals surface area contributed by atoms with Crippen LogP contribution in [0.2, 0.25) is 10.0 Å². The first-order chi connectivity index (χ1) is 17.2. The molecule has 2 aliphatic rings. The van der Waals surface area contributed by atoms with Crippen LogP contribution < -0.4 is 4.90 Å². The Morgan fingerprint density at radius 3 is 2.50 bits per heavy atom. The first-order valence-electron chi connectivity index (χ1n) is 10.8. The molecule has 4 amide bonds. The van der Waals surface area contributed by atoms with Crippen LogP contribution in [0.5, 0.6) is 0 Å². The molecule has 1 aromatic heterocycles. The number of urea groups is 1. The van der Waals surface area contributed by atoms with E-state index >= 15 is 0 Å². The third-order valence-electron chi connectivity index (χ3n) is 6.66. The topological polar surface area (TPSA) is 139 Å². The highest BCUT2D eigenvalue weighted by Gasteiger charge is 2.65. The number of nitriles is 1. The lowest BCUT2D eigenvalue weighted by molar-refractivity contribution is -0.130. The number of carbonyl (C=O) groups excluding carboxylic acids is 3. The van der Waals surface area contributed by atoms with Gasteiger partial charge in [-0.15, -0.1) is 10.2 Å². The van der Waals surface area contributed by atoms with Crippen molar-refractivity contribution < 1.29 is 14.4 Å². The van der Waals surface area contributed by atoms with Crippen LogP contribution in [0.4, 0.5) is 10.5 Å². The second-order valence-corrected chi connectivity index (χ2v) is 9.47. The number of likely N-dealkylation sites (tertiary alicyclic amines) is 1. The summed E-state index contributed by atoms with van der Waals surface area (Å²) in [5.41, 5.74) is 0.00451. The molecule has 0 bridgehead atoms. The van der Waals surface area contributed by atoms with Gasteiger partial charge in [0.05, 0.1) is 30.3 Å². The van der Waals surface area contributed by atoms with Crippen molar-refractivity contribution in [3.63, 3.8) is 0 Å². The van der Waals surface area contributed by atoms with Gasteiger partial charge >= 0.3 is 6.03 Å². The lowest BCUT2D eigenvalue weighted by Crippen LogP contribution is -2.54. The van der Waals surface area contributed by atoms with Crippen LogP contribution in [-0.4, -0.2) is 73.9 Å². The molecule has 13 heteroatoms. The number of likely N-dealkylation sites (N-methyl/N-ethyl adjacent to an activating group) is 1. The van der Waals surface area contributed by atoms with Gasteiger partial charge in [-0.2, -0.15) is 10.5 Å². The number of amides is 4. The molecule has 36 heavy (non-hydrogen) atoms. The molecule has 2 saturated heterocycles. The average molecular weight is 525 g/mol. The SMILES string of the molecule is CN1C(=O)N(c2cc(Cl)cc(Cl)c2)C(=O)[C@]12CN(C(=O)Cc1nn[nH]n1)C[C@@H]2c1ccc(C#N)cc1. The lowest BCUT2D eigenvalue weighted by Gasteiger charge is -2.33. The van der Waals surface area contributed by atoms with Crippen LogP contribution in [0.3, 0.4) is 0 Å². The molecule has 2 aliphatic heterocycles. The second-order valence-electron chi connectivity index (χ2n) is 8.60. The summed E-state index contributed by atoms with van der Waals surface area (Å²) in [5.74, 6) is -1.17. The largest absolute Gasteiger partial charge is 0.339 e. The van der Waals surface area contributed by atoms with Crippen LogP contribution in [0.1, 0.15) is 22.9 Å². The zero-order chi connectivity index (χ0) is 25.6. The summed E-state index contributed by atoms with van der Waals surface area (Å²) in [5, 5.41) is 23.2. The first-order valence-corrected chi connectivity index (χ1v) is 11.6. The number of anilines is 1. The Labute approximate surface area is 215 Å². The number of aromatic amines is 1. The summed E-state index contributed by atoms with van der Waals surface area (Å²) in [7, 11) is 1.54. The summed E-state index contributed by atoms with van der Waals surface area (Å²) in [6.07, 6.45) is -0.119. The number of rotatable bonds is 4. The number of tetrazole rings is 1. The van der Waals surface area contributed by atoms with E-state index in [1.54, 1.807) is 24.3 Å². The minimum atomic E-state index is -1.40. The van der Waals surface area contributed by atoms with Gasteiger partial charge in [-0.25, -0.2) is 9.69 Å². The van der Waals surface area contributed by atoms with Gasteiger partial charge in [0.15, 0.2) is 5.82 Å². The molecular formula is C23H18Cl2N8O3. The Morgan fingerprint density at radius 2 is 1.89 bits per heavy atom. The molecule has 2 fully saturated rings. The molecule has 11 nitrogen and oxygen atoms in total. The third kappa shape index (κ3) is 3.75. The third-order valence-corrected chi connectivity index (χ3v) is 7.10. The fourth-order valence-electron chi connectivity index (χ4n) is 4.90. The van der Waals surface area contributed by atoms with Crippen molar-refractivity contribution in [1.82, 2.24) is 30.4 Å². The minimum Gasteiger partial charge on any atom is -0.339 e. The Morgan fingerprint density at radius 1 is 1.19 bits per heavy atom. The van der Waals surface area contributed by atoms with Crippen molar-refractivity contribution >= 4 is 46.7 Å². The number of hydrogen-bond acceptors (Lipinski definition) is 7. The van der Waals surface area contributed by atoms with Crippen LogP contribution in [-0.2, 0) is 16.0 Å². The summed E-state index contributed by atoms with van der Waals surface area (Å²) in [6.45, 7) is 0.121. The van der Waals surface area contributed by atoms with E-state index in [1.165, 1.54) is 35.0 Å². The summed E-state index contributed by atoms with van der Waals surface area (Å²) >= 11 is 12.3. The van der Waals surface area contributed by atoms with E-state index in [4.69, 9.17) is 23.2 Å². The highest BCUT2D eigenvalue weighted by molar-refractivity contribution is 6.35. The van der Waals surface area contributed by atoms with Crippen molar-refractivity contribution in [1.29, 1.82) is 5.26 Å². The zero-order valence-corrected chi connectivity index (χ0v) is 20.4. The van der Waals surface area contributed by atoms with E-state index in [2.05, 4.69) is 26.7 Å². The Hall–Kier alpha value is -4.01. The molecule has 0 radical (unpaired) electrons. The molecule has 3 aromatic rings. The summed E-state index contributed by atoms with van der Waals surface area (Å²) < 4.78 is 0. The van der Waals surface area contributed by atoms with Gasteiger partial charge in [0, 0.05) is 29.6 Å².